The van der Waals surface area contributed by atoms with Gasteiger partial charge in [-0.05, 0) is 42.8 Å². The largest absolute Gasteiger partial charge is 0.494 e. The molecule has 0 aliphatic carbocycles. The minimum atomic E-state index is 0.505. The van der Waals surface area contributed by atoms with Crippen LogP contribution in [0.15, 0.2) is 52.2 Å². The van der Waals surface area contributed by atoms with Gasteiger partial charge in [-0.2, -0.15) is 0 Å². The second kappa shape index (κ2) is 7.38. The van der Waals surface area contributed by atoms with Gasteiger partial charge in [0.25, 0.3) is 11.1 Å². The van der Waals surface area contributed by atoms with Crippen molar-refractivity contribution >= 4 is 23.4 Å². The van der Waals surface area contributed by atoms with Crippen LogP contribution in [0.5, 0.6) is 5.75 Å². The average molecular weight is 336 g/mol. The van der Waals surface area contributed by atoms with E-state index in [0.29, 0.717) is 22.7 Å². The van der Waals surface area contributed by atoms with Crippen molar-refractivity contribution < 1.29 is 9.15 Å². The number of thioether (sulfide) groups is 1. The molecule has 2 aromatic heterocycles. The molecule has 0 amide bonds. The fourth-order valence-electron chi connectivity index (χ4n) is 1.78. The highest BCUT2D eigenvalue weighted by Crippen LogP contribution is 2.22. The molecule has 0 saturated heterocycles. The fourth-order valence-corrected chi connectivity index (χ4v) is 2.58. The van der Waals surface area contributed by atoms with Gasteiger partial charge < -0.3 is 14.1 Å². The number of nitrogens with one attached hydrogen (secondary N) is 1. The number of aromatic nitrogens is 3. The lowest BCUT2D eigenvalue weighted by Crippen LogP contribution is -1.98. The Morgan fingerprint density at radius 2 is 2.05 bits per heavy atom. The maximum absolute atomic E-state index is 5.82. The van der Waals surface area contributed by atoms with Crippen LogP contribution in [0.1, 0.15) is 6.42 Å². The Labute approximate surface area is 137 Å². The zero-order valence-corrected chi connectivity index (χ0v) is 13.2. The Morgan fingerprint density at radius 3 is 2.82 bits per heavy atom. The molecule has 2 heterocycles. The molecule has 1 N–H and O–H groups in total. The topological polar surface area (TPSA) is 63.9 Å². The summed E-state index contributed by atoms with van der Waals surface area (Å²) in [6.07, 6.45) is 2.70. The van der Waals surface area contributed by atoms with E-state index in [1.807, 2.05) is 42.6 Å². The lowest BCUT2D eigenvalue weighted by molar-refractivity contribution is 0.318. The minimum absolute atomic E-state index is 0.505. The van der Waals surface area contributed by atoms with E-state index in [9.17, 15) is 0 Å². The molecule has 7 heteroatoms. The number of H-pyrrole nitrogens is 1. The summed E-state index contributed by atoms with van der Waals surface area (Å²) in [6, 6.07) is 11.1. The Kier molecular flexibility index (Phi) is 5.03. The van der Waals surface area contributed by atoms with Crippen LogP contribution < -0.4 is 4.74 Å². The first-order chi connectivity index (χ1) is 10.8. The van der Waals surface area contributed by atoms with Crippen LogP contribution in [0.2, 0.25) is 5.02 Å². The summed E-state index contributed by atoms with van der Waals surface area (Å²) < 4.78 is 11.2. The van der Waals surface area contributed by atoms with E-state index in [4.69, 9.17) is 20.8 Å². The molecule has 0 radical (unpaired) electrons. The Morgan fingerprint density at radius 1 is 1.18 bits per heavy atom. The predicted octanol–water partition coefficient (Wildman–Crippen LogP) is 4.28. The molecule has 1 aromatic carbocycles. The normalized spacial score (nSPS) is 10.8. The minimum Gasteiger partial charge on any atom is -0.494 e. The molecule has 0 spiro atoms. The number of ether oxygens (including phenoxy) is 1. The Bertz CT molecular complexity index is 698. The first-order valence-corrected chi connectivity index (χ1v) is 8.16. The van der Waals surface area contributed by atoms with Crippen molar-refractivity contribution in [2.75, 3.05) is 12.4 Å². The molecule has 114 valence electrons. The van der Waals surface area contributed by atoms with E-state index in [0.717, 1.165) is 23.6 Å². The summed E-state index contributed by atoms with van der Waals surface area (Å²) in [6.45, 7) is 0.631. The zero-order chi connectivity index (χ0) is 15.2. The maximum Gasteiger partial charge on any atom is 0.276 e. The van der Waals surface area contributed by atoms with Gasteiger partial charge in [0.2, 0.25) is 0 Å². The van der Waals surface area contributed by atoms with Crippen molar-refractivity contribution in [2.45, 2.75) is 11.6 Å². The standard InChI is InChI=1S/C15H14ClN3O2S/c16-11-4-6-12(7-5-11)20-9-2-10-22-15-19-18-14(21-15)13-3-1-8-17-13/h1,3-8,17H,2,9-10H2. The van der Waals surface area contributed by atoms with Crippen molar-refractivity contribution in [2.24, 2.45) is 0 Å². The highest BCUT2D eigenvalue weighted by Gasteiger charge is 2.09. The van der Waals surface area contributed by atoms with Crippen molar-refractivity contribution in [1.29, 1.82) is 0 Å². The van der Waals surface area contributed by atoms with Gasteiger partial charge in [-0.25, -0.2) is 0 Å². The van der Waals surface area contributed by atoms with Gasteiger partial charge in [0.05, 0.1) is 6.61 Å². The first-order valence-electron chi connectivity index (χ1n) is 6.80. The van der Waals surface area contributed by atoms with Crippen molar-refractivity contribution in [1.82, 2.24) is 15.2 Å². The third-order valence-electron chi connectivity index (χ3n) is 2.83. The van der Waals surface area contributed by atoms with E-state index in [2.05, 4.69) is 15.2 Å². The molecule has 0 atom stereocenters. The van der Waals surface area contributed by atoms with E-state index in [1.165, 1.54) is 11.8 Å². The highest BCUT2D eigenvalue weighted by molar-refractivity contribution is 7.99. The first kappa shape index (κ1) is 15.0. The van der Waals surface area contributed by atoms with Gasteiger partial charge in [0.15, 0.2) is 0 Å². The van der Waals surface area contributed by atoms with E-state index >= 15 is 0 Å². The summed E-state index contributed by atoms with van der Waals surface area (Å²) in [5, 5.41) is 9.28. The number of halogens is 1. The summed E-state index contributed by atoms with van der Waals surface area (Å²) >= 11 is 7.34. The summed E-state index contributed by atoms with van der Waals surface area (Å²) in [5.41, 5.74) is 0.824. The number of nitrogens with zero attached hydrogens (tertiary/aromatic N) is 2. The van der Waals surface area contributed by atoms with E-state index in [1.54, 1.807) is 0 Å². The predicted molar refractivity (Wildman–Crippen MR) is 86.4 cm³/mol. The van der Waals surface area contributed by atoms with Crippen LogP contribution in [0.4, 0.5) is 0 Å². The third kappa shape index (κ3) is 4.05. The Hall–Kier alpha value is -1.92. The van der Waals surface area contributed by atoms with Crippen molar-refractivity contribution in [3.8, 4) is 17.3 Å². The fraction of sp³-hybridized carbons (Fsp3) is 0.200. The number of aromatic amines is 1. The number of rotatable bonds is 7. The number of benzene rings is 1. The van der Waals surface area contributed by atoms with E-state index in [-0.39, 0.29) is 0 Å². The lowest BCUT2D eigenvalue weighted by Gasteiger charge is -2.04. The molecule has 0 saturated carbocycles. The summed E-state index contributed by atoms with van der Waals surface area (Å²) in [4.78, 5) is 3.03. The third-order valence-corrected chi connectivity index (χ3v) is 3.99. The van der Waals surface area contributed by atoms with Gasteiger partial charge in [0.1, 0.15) is 11.4 Å². The Balaban J connectivity index is 1.39. The highest BCUT2D eigenvalue weighted by atomic mass is 35.5. The summed E-state index contributed by atoms with van der Waals surface area (Å²) in [7, 11) is 0. The molecule has 0 unspecified atom stereocenters. The van der Waals surface area contributed by atoms with Crippen molar-refractivity contribution in [3.05, 3.63) is 47.6 Å². The van der Waals surface area contributed by atoms with Gasteiger partial charge in [-0.15, -0.1) is 10.2 Å². The molecule has 3 rings (SSSR count). The molecule has 3 aromatic rings. The lowest BCUT2D eigenvalue weighted by atomic mass is 10.3. The molecular formula is C15H14ClN3O2S. The SMILES string of the molecule is Clc1ccc(OCCCSc2nnc(-c3ccc[nH]3)o2)cc1. The van der Waals surface area contributed by atoms with Crippen molar-refractivity contribution in [3.63, 3.8) is 0 Å². The van der Waals surface area contributed by atoms with Gasteiger partial charge in [-0.1, -0.05) is 23.4 Å². The van der Waals surface area contributed by atoms with Crippen LogP contribution in [0, 0.1) is 0 Å². The van der Waals surface area contributed by atoms with Crippen LogP contribution >= 0.6 is 23.4 Å². The van der Waals surface area contributed by atoms with Crippen LogP contribution in [-0.4, -0.2) is 27.5 Å². The van der Waals surface area contributed by atoms with Gasteiger partial charge in [-0.3, -0.25) is 0 Å². The second-order valence-corrected chi connectivity index (χ2v) is 5.94. The molecule has 5 nitrogen and oxygen atoms in total. The van der Waals surface area contributed by atoms with Gasteiger partial charge in [0, 0.05) is 17.0 Å². The van der Waals surface area contributed by atoms with Crippen LogP contribution in [0.25, 0.3) is 11.6 Å². The number of hydrogen-bond donors (Lipinski definition) is 1. The second-order valence-electron chi connectivity index (χ2n) is 4.46. The molecule has 0 aliphatic rings. The monoisotopic (exact) mass is 335 g/mol. The quantitative estimate of drug-likeness (QED) is 0.515. The average Bonchev–Trinajstić information content (AvgIpc) is 3.19. The maximum atomic E-state index is 5.82. The molecular weight excluding hydrogens is 322 g/mol. The number of hydrogen-bond acceptors (Lipinski definition) is 5. The summed E-state index contributed by atoms with van der Waals surface area (Å²) in [5.74, 6) is 2.17. The van der Waals surface area contributed by atoms with Crippen LogP contribution in [0.3, 0.4) is 0 Å². The van der Waals surface area contributed by atoms with Crippen LogP contribution in [-0.2, 0) is 0 Å². The molecule has 0 aliphatic heterocycles. The molecule has 0 fully saturated rings. The van der Waals surface area contributed by atoms with E-state index < -0.39 is 0 Å². The smallest absolute Gasteiger partial charge is 0.276 e. The zero-order valence-electron chi connectivity index (χ0n) is 11.7. The molecule has 0 bridgehead atoms. The molecule has 22 heavy (non-hydrogen) atoms. The van der Waals surface area contributed by atoms with Gasteiger partial charge >= 0.3 is 0 Å².